The Morgan fingerprint density at radius 3 is 2.56 bits per heavy atom. The third-order valence-corrected chi connectivity index (χ3v) is 3.07. The maximum absolute atomic E-state index is 10.9. The van der Waals surface area contributed by atoms with Crippen molar-refractivity contribution in [3.8, 4) is 0 Å². The van der Waals surface area contributed by atoms with E-state index in [1.165, 1.54) is 16.7 Å². The van der Waals surface area contributed by atoms with Gasteiger partial charge in [0.05, 0.1) is 0 Å². The Balaban J connectivity index is 2.96. The molecule has 0 aliphatic carbocycles. The van der Waals surface area contributed by atoms with E-state index in [0.717, 1.165) is 0 Å². The van der Waals surface area contributed by atoms with E-state index in [4.69, 9.17) is 0 Å². The fourth-order valence-corrected chi connectivity index (χ4v) is 1.99. The zero-order valence-corrected chi connectivity index (χ0v) is 11.8. The van der Waals surface area contributed by atoms with E-state index in [2.05, 4.69) is 67.1 Å². The minimum Gasteiger partial charge on any atom is -0.346 e. The maximum atomic E-state index is 10.9. The molecule has 16 heavy (non-hydrogen) atoms. The number of aryl methyl sites for hydroxylation is 2. The summed E-state index contributed by atoms with van der Waals surface area (Å²) in [5, 5.41) is 2.81. The molecule has 0 unspecified atom stereocenters. The first kappa shape index (κ1) is 13.2. The van der Waals surface area contributed by atoms with Crippen LogP contribution in [0.1, 0.15) is 30.5 Å². The summed E-state index contributed by atoms with van der Waals surface area (Å²) in [5.74, 6) is 0. The fraction of sp³-hybridized carbons (Fsp3) is 0.462. The number of hydrogen-bond acceptors (Lipinski definition) is 1. The molecule has 1 aromatic rings. The number of benzene rings is 1. The minimum absolute atomic E-state index is 0.0560. The Hall–Kier alpha value is -0.830. The van der Waals surface area contributed by atoms with Crippen LogP contribution in [0.15, 0.2) is 18.2 Å². The SMILES string of the molecule is Cc1ccc(C)c(C(C)(C)CNC(=O)Br)c1. The van der Waals surface area contributed by atoms with Gasteiger partial charge in [-0.15, -0.1) is 0 Å². The molecule has 0 fully saturated rings. The zero-order chi connectivity index (χ0) is 12.3. The molecule has 88 valence electrons. The molecule has 0 bridgehead atoms. The quantitative estimate of drug-likeness (QED) is 0.665. The van der Waals surface area contributed by atoms with Crippen LogP contribution in [-0.2, 0) is 5.41 Å². The number of hydrogen-bond donors (Lipinski definition) is 1. The van der Waals surface area contributed by atoms with Gasteiger partial charge in [0.25, 0.3) is 4.82 Å². The van der Waals surface area contributed by atoms with Gasteiger partial charge in [0.1, 0.15) is 0 Å². The standard InChI is InChI=1S/C13H18BrNO/c1-9-5-6-10(2)11(7-9)13(3,4)8-15-12(14)16/h5-7H,8H2,1-4H3,(H,15,16). The third kappa shape index (κ3) is 3.34. The topological polar surface area (TPSA) is 29.1 Å². The predicted octanol–water partition coefficient (Wildman–Crippen LogP) is 3.69. The Kier molecular flexibility index (Phi) is 4.14. The number of carbonyl (C=O) groups excluding carboxylic acids is 1. The summed E-state index contributed by atoms with van der Waals surface area (Å²) < 4.78 is 0. The summed E-state index contributed by atoms with van der Waals surface area (Å²) >= 11 is 2.88. The van der Waals surface area contributed by atoms with E-state index >= 15 is 0 Å². The van der Waals surface area contributed by atoms with E-state index in [1.807, 2.05) is 0 Å². The van der Waals surface area contributed by atoms with Crippen LogP contribution in [0.4, 0.5) is 4.79 Å². The van der Waals surface area contributed by atoms with Crippen molar-refractivity contribution in [3.05, 3.63) is 34.9 Å². The summed E-state index contributed by atoms with van der Waals surface area (Å²) in [4.78, 5) is 10.7. The van der Waals surface area contributed by atoms with Crippen molar-refractivity contribution in [3.63, 3.8) is 0 Å². The molecule has 0 spiro atoms. The van der Waals surface area contributed by atoms with Gasteiger partial charge in [0.15, 0.2) is 0 Å². The van der Waals surface area contributed by atoms with Crippen LogP contribution >= 0.6 is 15.9 Å². The molecular weight excluding hydrogens is 266 g/mol. The highest BCUT2D eigenvalue weighted by Gasteiger charge is 2.22. The highest BCUT2D eigenvalue weighted by molar-refractivity contribution is 9.18. The van der Waals surface area contributed by atoms with Crippen molar-refractivity contribution in [1.29, 1.82) is 0 Å². The highest BCUT2D eigenvalue weighted by atomic mass is 79.9. The summed E-state index contributed by atoms with van der Waals surface area (Å²) in [5.41, 5.74) is 3.74. The van der Waals surface area contributed by atoms with Crippen LogP contribution in [0, 0.1) is 13.8 Å². The van der Waals surface area contributed by atoms with Gasteiger partial charge in [-0.05, 0) is 25.0 Å². The summed E-state index contributed by atoms with van der Waals surface area (Å²) in [6.45, 7) is 9.09. The largest absolute Gasteiger partial charge is 0.346 e. The second-order valence-corrected chi connectivity index (χ2v) is 5.55. The number of amides is 1. The number of halogens is 1. The molecule has 0 aromatic heterocycles. The number of rotatable bonds is 3. The van der Waals surface area contributed by atoms with E-state index in [0.29, 0.717) is 6.54 Å². The van der Waals surface area contributed by atoms with Gasteiger partial charge in [-0.2, -0.15) is 0 Å². The average molecular weight is 284 g/mol. The molecule has 3 heteroatoms. The molecule has 1 aromatic carbocycles. The Bertz CT molecular complexity index is 399. The Labute approximate surface area is 106 Å². The first-order chi connectivity index (χ1) is 7.33. The summed E-state index contributed by atoms with van der Waals surface area (Å²) in [6, 6.07) is 6.43. The van der Waals surface area contributed by atoms with Crippen LogP contribution in [-0.4, -0.2) is 11.4 Å². The number of carbonyl (C=O) groups is 1. The molecule has 0 aliphatic rings. The summed E-state index contributed by atoms with van der Waals surface area (Å²) in [7, 11) is 0. The van der Waals surface area contributed by atoms with Gasteiger partial charge in [-0.1, -0.05) is 37.6 Å². The van der Waals surface area contributed by atoms with Crippen LogP contribution in [0.2, 0.25) is 0 Å². The Morgan fingerprint density at radius 1 is 1.38 bits per heavy atom. The van der Waals surface area contributed by atoms with Gasteiger partial charge in [0, 0.05) is 27.9 Å². The van der Waals surface area contributed by atoms with E-state index < -0.39 is 0 Å². The van der Waals surface area contributed by atoms with Crippen LogP contribution < -0.4 is 5.32 Å². The summed E-state index contributed by atoms with van der Waals surface area (Å²) in [6.07, 6.45) is 0. The van der Waals surface area contributed by atoms with Crippen molar-refractivity contribution < 1.29 is 4.79 Å². The Morgan fingerprint density at radius 2 is 2.00 bits per heavy atom. The highest BCUT2D eigenvalue weighted by Crippen LogP contribution is 2.26. The lowest BCUT2D eigenvalue weighted by atomic mass is 9.81. The van der Waals surface area contributed by atoms with Crippen molar-refractivity contribution in [2.24, 2.45) is 0 Å². The van der Waals surface area contributed by atoms with Crippen molar-refractivity contribution in [2.45, 2.75) is 33.1 Å². The minimum atomic E-state index is -0.161. The molecule has 0 heterocycles. The van der Waals surface area contributed by atoms with Gasteiger partial charge in [0.2, 0.25) is 0 Å². The molecule has 1 amide bonds. The lowest BCUT2D eigenvalue weighted by molar-refractivity contribution is 0.259. The lowest BCUT2D eigenvalue weighted by Gasteiger charge is -2.27. The average Bonchev–Trinajstić information content (AvgIpc) is 2.19. The lowest BCUT2D eigenvalue weighted by Crippen LogP contribution is -2.34. The van der Waals surface area contributed by atoms with Crippen LogP contribution in [0.25, 0.3) is 0 Å². The molecule has 0 saturated carbocycles. The molecule has 1 N–H and O–H groups in total. The first-order valence-corrected chi connectivity index (χ1v) is 6.13. The molecule has 0 aliphatic heterocycles. The van der Waals surface area contributed by atoms with E-state index in [1.54, 1.807) is 0 Å². The normalized spacial score (nSPS) is 11.3. The van der Waals surface area contributed by atoms with Gasteiger partial charge in [-0.25, -0.2) is 0 Å². The van der Waals surface area contributed by atoms with Crippen molar-refractivity contribution >= 4 is 20.7 Å². The fourth-order valence-electron chi connectivity index (χ4n) is 1.85. The predicted molar refractivity (Wildman–Crippen MR) is 71.3 cm³/mol. The second-order valence-electron chi connectivity index (χ2n) is 4.83. The molecule has 1 rings (SSSR count). The van der Waals surface area contributed by atoms with E-state index in [9.17, 15) is 4.79 Å². The number of nitrogens with one attached hydrogen (secondary N) is 1. The van der Waals surface area contributed by atoms with Crippen molar-refractivity contribution in [2.75, 3.05) is 6.54 Å². The van der Waals surface area contributed by atoms with Gasteiger partial charge in [-0.3, -0.25) is 4.79 Å². The van der Waals surface area contributed by atoms with Gasteiger partial charge >= 0.3 is 0 Å². The molecular formula is C13H18BrNO. The smallest absolute Gasteiger partial charge is 0.287 e. The monoisotopic (exact) mass is 283 g/mol. The molecule has 0 atom stereocenters. The maximum Gasteiger partial charge on any atom is 0.287 e. The zero-order valence-electron chi connectivity index (χ0n) is 10.2. The van der Waals surface area contributed by atoms with Gasteiger partial charge < -0.3 is 5.32 Å². The third-order valence-electron chi connectivity index (χ3n) is 2.79. The molecule has 0 saturated heterocycles. The van der Waals surface area contributed by atoms with Crippen LogP contribution in [0.5, 0.6) is 0 Å². The van der Waals surface area contributed by atoms with Crippen molar-refractivity contribution in [1.82, 2.24) is 5.32 Å². The molecule has 0 radical (unpaired) electrons. The molecule has 2 nitrogen and oxygen atoms in total. The second kappa shape index (κ2) is 5.00. The van der Waals surface area contributed by atoms with Crippen LogP contribution in [0.3, 0.4) is 0 Å². The van der Waals surface area contributed by atoms with E-state index in [-0.39, 0.29) is 10.2 Å². The first-order valence-electron chi connectivity index (χ1n) is 5.34.